The molecule has 0 radical (unpaired) electrons. The molecule has 0 amide bonds. The third-order valence-corrected chi connectivity index (χ3v) is 3.81. The second-order valence-corrected chi connectivity index (χ2v) is 6.98. The van der Waals surface area contributed by atoms with Crippen LogP contribution in [-0.2, 0) is 9.84 Å². The molecular formula is C9H19BrO2S. The van der Waals surface area contributed by atoms with E-state index in [0.29, 0.717) is 17.6 Å². The van der Waals surface area contributed by atoms with Crippen molar-refractivity contribution in [3.05, 3.63) is 0 Å². The van der Waals surface area contributed by atoms with Crippen molar-refractivity contribution in [2.75, 3.05) is 17.3 Å². The minimum absolute atomic E-state index is 0.315. The van der Waals surface area contributed by atoms with E-state index in [1.807, 2.05) is 0 Å². The predicted molar refractivity (Wildman–Crippen MR) is 61.1 cm³/mol. The van der Waals surface area contributed by atoms with E-state index in [4.69, 9.17) is 0 Å². The summed E-state index contributed by atoms with van der Waals surface area (Å²) in [4.78, 5) is 0. The smallest absolute Gasteiger partial charge is 0.147 e. The van der Waals surface area contributed by atoms with Crippen LogP contribution in [0.1, 0.15) is 26.7 Å². The standard InChI is InChI=1S/C9H19BrO2S/c1-8(2)6-9(7-10)4-5-13(3,11)12/h8-9H,4-7H2,1-3H3. The highest BCUT2D eigenvalue weighted by molar-refractivity contribution is 9.09. The van der Waals surface area contributed by atoms with Gasteiger partial charge in [-0.2, -0.15) is 0 Å². The number of alkyl halides is 1. The van der Waals surface area contributed by atoms with E-state index in [2.05, 4.69) is 29.8 Å². The highest BCUT2D eigenvalue weighted by Gasteiger charge is 2.12. The van der Waals surface area contributed by atoms with Gasteiger partial charge in [-0.25, -0.2) is 8.42 Å². The predicted octanol–water partition coefficient (Wildman–Crippen LogP) is 2.48. The Labute approximate surface area is 90.2 Å². The van der Waals surface area contributed by atoms with Gasteiger partial charge in [0.1, 0.15) is 9.84 Å². The van der Waals surface area contributed by atoms with Gasteiger partial charge in [-0.05, 0) is 24.7 Å². The van der Waals surface area contributed by atoms with Crippen molar-refractivity contribution in [1.29, 1.82) is 0 Å². The van der Waals surface area contributed by atoms with E-state index < -0.39 is 9.84 Å². The van der Waals surface area contributed by atoms with Crippen molar-refractivity contribution in [2.24, 2.45) is 11.8 Å². The summed E-state index contributed by atoms with van der Waals surface area (Å²) in [7, 11) is -2.79. The van der Waals surface area contributed by atoms with Crippen LogP contribution in [0.2, 0.25) is 0 Å². The lowest BCUT2D eigenvalue weighted by Gasteiger charge is -2.15. The maximum atomic E-state index is 10.9. The molecule has 2 nitrogen and oxygen atoms in total. The van der Waals surface area contributed by atoms with Crippen LogP contribution in [0, 0.1) is 11.8 Å². The monoisotopic (exact) mass is 270 g/mol. The van der Waals surface area contributed by atoms with E-state index in [1.165, 1.54) is 6.26 Å². The van der Waals surface area contributed by atoms with Crippen LogP contribution in [0.25, 0.3) is 0 Å². The van der Waals surface area contributed by atoms with Gasteiger partial charge < -0.3 is 0 Å². The average molecular weight is 271 g/mol. The van der Waals surface area contributed by atoms with Crippen LogP contribution >= 0.6 is 15.9 Å². The Morgan fingerprint density at radius 2 is 1.85 bits per heavy atom. The minimum atomic E-state index is -2.79. The number of hydrogen-bond acceptors (Lipinski definition) is 2. The van der Waals surface area contributed by atoms with E-state index in [0.717, 1.165) is 18.2 Å². The summed E-state index contributed by atoms with van der Waals surface area (Å²) >= 11 is 3.42. The molecule has 0 fully saturated rings. The Morgan fingerprint density at radius 1 is 1.31 bits per heavy atom. The van der Waals surface area contributed by atoms with Crippen molar-refractivity contribution in [1.82, 2.24) is 0 Å². The van der Waals surface area contributed by atoms with Crippen LogP contribution < -0.4 is 0 Å². The maximum absolute atomic E-state index is 10.9. The highest BCUT2D eigenvalue weighted by Crippen LogP contribution is 2.18. The van der Waals surface area contributed by atoms with Gasteiger partial charge >= 0.3 is 0 Å². The Kier molecular flexibility index (Phi) is 6.21. The molecule has 13 heavy (non-hydrogen) atoms. The number of halogens is 1. The Morgan fingerprint density at radius 3 is 2.15 bits per heavy atom. The molecule has 1 unspecified atom stereocenters. The maximum Gasteiger partial charge on any atom is 0.147 e. The molecule has 0 N–H and O–H groups in total. The summed E-state index contributed by atoms with van der Waals surface area (Å²) in [6.45, 7) is 4.33. The Balaban J connectivity index is 3.86. The Hall–Kier alpha value is 0.430. The summed E-state index contributed by atoms with van der Waals surface area (Å²) in [5.41, 5.74) is 0. The van der Waals surface area contributed by atoms with Crippen molar-refractivity contribution < 1.29 is 8.42 Å². The highest BCUT2D eigenvalue weighted by atomic mass is 79.9. The van der Waals surface area contributed by atoms with Crippen molar-refractivity contribution in [3.8, 4) is 0 Å². The first-order chi connectivity index (χ1) is 5.85. The zero-order chi connectivity index (χ0) is 10.5. The normalized spacial score (nSPS) is 14.8. The van der Waals surface area contributed by atoms with Crippen LogP contribution in [0.5, 0.6) is 0 Å². The lowest BCUT2D eigenvalue weighted by molar-refractivity contribution is 0.436. The molecule has 0 spiro atoms. The van der Waals surface area contributed by atoms with Crippen LogP contribution in [0.4, 0.5) is 0 Å². The molecule has 0 saturated heterocycles. The lowest BCUT2D eigenvalue weighted by Crippen LogP contribution is -2.12. The number of sulfone groups is 1. The van der Waals surface area contributed by atoms with Crippen LogP contribution in [0.3, 0.4) is 0 Å². The Bertz CT molecular complexity index is 222. The fourth-order valence-corrected chi connectivity index (χ4v) is 2.65. The van der Waals surface area contributed by atoms with Gasteiger partial charge in [0.05, 0.1) is 5.75 Å². The van der Waals surface area contributed by atoms with Gasteiger partial charge in [0.2, 0.25) is 0 Å². The molecule has 4 heteroatoms. The fraction of sp³-hybridized carbons (Fsp3) is 1.00. The van der Waals surface area contributed by atoms with Crippen molar-refractivity contribution in [3.63, 3.8) is 0 Å². The van der Waals surface area contributed by atoms with Gasteiger partial charge in [0.25, 0.3) is 0 Å². The topological polar surface area (TPSA) is 34.1 Å². The van der Waals surface area contributed by atoms with Gasteiger partial charge in [-0.1, -0.05) is 29.8 Å². The molecular weight excluding hydrogens is 252 g/mol. The van der Waals surface area contributed by atoms with E-state index in [-0.39, 0.29) is 0 Å². The van der Waals surface area contributed by atoms with Gasteiger partial charge in [-0.15, -0.1) is 0 Å². The summed E-state index contributed by atoms with van der Waals surface area (Å²) in [6.07, 6.45) is 3.18. The quantitative estimate of drug-likeness (QED) is 0.695. The third-order valence-electron chi connectivity index (χ3n) is 1.92. The molecule has 0 aliphatic carbocycles. The second-order valence-electron chi connectivity index (χ2n) is 4.07. The first-order valence-electron chi connectivity index (χ1n) is 4.59. The molecule has 0 aliphatic rings. The molecule has 0 saturated carbocycles. The molecule has 0 aromatic carbocycles. The molecule has 0 aliphatic heterocycles. The number of hydrogen-bond donors (Lipinski definition) is 0. The zero-order valence-electron chi connectivity index (χ0n) is 8.59. The van der Waals surface area contributed by atoms with Gasteiger partial charge in [0.15, 0.2) is 0 Å². The lowest BCUT2D eigenvalue weighted by atomic mass is 9.97. The zero-order valence-corrected chi connectivity index (χ0v) is 11.0. The second kappa shape index (κ2) is 6.02. The molecule has 0 bridgehead atoms. The fourth-order valence-electron chi connectivity index (χ4n) is 1.31. The number of rotatable bonds is 6. The summed E-state index contributed by atoms with van der Waals surface area (Å²) in [5.74, 6) is 1.45. The van der Waals surface area contributed by atoms with Gasteiger partial charge in [0, 0.05) is 11.6 Å². The van der Waals surface area contributed by atoms with E-state index in [9.17, 15) is 8.42 Å². The summed E-state index contributed by atoms with van der Waals surface area (Å²) < 4.78 is 21.8. The van der Waals surface area contributed by atoms with E-state index >= 15 is 0 Å². The van der Waals surface area contributed by atoms with E-state index in [1.54, 1.807) is 0 Å². The third kappa shape index (κ3) is 8.75. The first-order valence-corrected chi connectivity index (χ1v) is 7.77. The molecule has 0 heterocycles. The van der Waals surface area contributed by atoms with Crippen molar-refractivity contribution in [2.45, 2.75) is 26.7 Å². The van der Waals surface area contributed by atoms with Crippen molar-refractivity contribution >= 4 is 25.8 Å². The molecule has 0 aromatic rings. The molecule has 80 valence electrons. The SMILES string of the molecule is CC(C)CC(CBr)CCS(C)(=O)=O. The van der Waals surface area contributed by atoms with Gasteiger partial charge in [-0.3, -0.25) is 0 Å². The largest absolute Gasteiger partial charge is 0.229 e. The van der Waals surface area contributed by atoms with Crippen LogP contribution in [-0.4, -0.2) is 25.8 Å². The van der Waals surface area contributed by atoms with Crippen LogP contribution in [0.15, 0.2) is 0 Å². The molecule has 0 aromatic heterocycles. The summed E-state index contributed by atoms with van der Waals surface area (Å²) in [5, 5.41) is 0.903. The summed E-state index contributed by atoms with van der Waals surface area (Å²) in [6, 6.07) is 0. The average Bonchev–Trinajstić information content (AvgIpc) is 1.95. The first kappa shape index (κ1) is 13.4. The molecule has 0 rings (SSSR count). The minimum Gasteiger partial charge on any atom is -0.229 e. The molecule has 1 atom stereocenters.